The van der Waals surface area contributed by atoms with Gasteiger partial charge in [0.25, 0.3) is 0 Å². The van der Waals surface area contributed by atoms with E-state index in [0.717, 1.165) is 32.2 Å². The zero-order chi connectivity index (χ0) is 12.4. The zero-order valence-corrected chi connectivity index (χ0v) is 11.5. The molecule has 0 aliphatic heterocycles. The minimum absolute atomic E-state index is 0. The van der Waals surface area contributed by atoms with Gasteiger partial charge in [0.2, 0.25) is 5.89 Å². The molecule has 6 nitrogen and oxygen atoms in total. The molecule has 0 aromatic carbocycles. The lowest BCUT2D eigenvalue weighted by Gasteiger charge is -2.17. The topological polar surface area (TPSA) is 82.8 Å². The molecule has 0 saturated heterocycles. The molecule has 0 radical (unpaired) electrons. The van der Waals surface area contributed by atoms with Crippen molar-refractivity contribution in [1.29, 1.82) is 0 Å². The Morgan fingerprint density at radius 2 is 2.16 bits per heavy atom. The summed E-state index contributed by atoms with van der Waals surface area (Å²) < 4.78 is 7.25. The average Bonchev–Trinajstić information content (AvgIpc) is 3.08. The highest BCUT2D eigenvalue weighted by atomic mass is 35.5. The maximum atomic E-state index is 6.28. The number of aryl methyl sites for hydroxylation is 2. The molecular weight excluding hydrogens is 266 g/mol. The second kappa shape index (κ2) is 5.71. The second-order valence-electron chi connectivity index (χ2n) is 4.93. The van der Waals surface area contributed by atoms with Crippen LogP contribution in [0.25, 0.3) is 0 Å². The fraction of sp³-hybridized carbons (Fsp3) is 0.583. The first kappa shape index (κ1) is 14.0. The number of hydrogen-bond acceptors (Lipinski definition) is 5. The van der Waals surface area contributed by atoms with Crippen LogP contribution in [0.1, 0.15) is 37.4 Å². The lowest BCUT2D eigenvalue weighted by molar-refractivity contribution is 0.345. The van der Waals surface area contributed by atoms with Gasteiger partial charge in [0.15, 0.2) is 5.82 Å². The Balaban J connectivity index is 0.00000133. The Morgan fingerprint density at radius 3 is 2.84 bits per heavy atom. The summed E-state index contributed by atoms with van der Waals surface area (Å²) in [6, 6.07) is 0. The summed E-state index contributed by atoms with van der Waals surface area (Å²) in [6.07, 6.45) is 10.4. The third-order valence-corrected chi connectivity index (χ3v) is 3.55. The first-order chi connectivity index (χ1) is 8.76. The van der Waals surface area contributed by atoms with Gasteiger partial charge in [-0.2, -0.15) is 4.98 Å². The van der Waals surface area contributed by atoms with Crippen molar-refractivity contribution in [2.45, 2.75) is 44.2 Å². The van der Waals surface area contributed by atoms with E-state index in [1.165, 1.54) is 0 Å². The fourth-order valence-electron chi connectivity index (χ4n) is 2.43. The second-order valence-corrected chi connectivity index (χ2v) is 4.93. The molecule has 104 valence electrons. The molecule has 0 bridgehead atoms. The minimum atomic E-state index is -0.364. The first-order valence-corrected chi connectivity index (χ1v) is 6.34. The number of nitrogens with two attached hydrogens (primary N) is 1. The number of hydrogen-bond donors (Lipinski definition) is 1. The summed E-state index contributed by atoms with van der Waals surface area (Å²) in [6.45, 7) is 0.791. The van der Waals surface area contributed by atoms with Crippen LogP contribution in [0.5, 0.6) is 0 Å². The van der Waals surface area contributed by atoms with E-state index in [-0.39, 0.29) is 17.9 Å². The minimum Gasteiger partial charge on any atom is -0.339 e. The summed E-state index contributed by atoms with van der Waals surface area (Å²) in [5.74, 6) is 1.32. The van der Waals surface area contributed by atoms with E-state index < -0.39 is 0 Å². The smallest absolute Gasteiger partial charge is 0.228 e. The number of halogens is 1. The normalized spacial score (nSPS) is 17.3. The Bertz CT molecular complexity index is 504. The van der Waals surface area contributed by atoms with Crippen LogP contribution in [-0.4, -0.2) is 19.7 Å². The lowest BCUT2D eigenvalue weighted by Crippen LogP contribution is -2.34. The van der Waals surface area contributed by atoms with Crippen molar-refractivity contribution in [2.75, 3.05) is 0 Å². The van der Waals surface area contributed by atoms with Gasteiger partial charge >= 0.3 is 0 Å². The third-order valence-electron chi connectivity index (χ3n) is 3.55. The van der Waals surface area contributed by atoms with Gasteiger partial charge in [-0.05, 0) is 12.8 Å². The van der Waals surface area contributed by atoms with Crippen LogP contribution < -0.4 is 5.73 Å². The van der Waals surface area contributed by atoms with E-state index in [0.29, 0.717) is 18.1 Å². The summed E-state index contributed by atoms with van der Waals surface area (Å²) >= 11 is 0. The highest BCUT2D eigenvalue weighted by Gasteiger charge is 2.35. The molecule has 1 aliphatic carbocycles. The van der Waals surface area contributed by atoms with Crippen LogP contribution in [0.2, 0.25) is 0 Å². The molecule has 0 amide bonds. The van der Waals surface area contributed by atoms with Gasteiger partial charge in [-0.25, -0.2) is 4.98 Å². The van der Waals surface area contributed by atoms with Crippen molar-refractivity contribution in [3.63, 3.8) is 0 Å². The molecule has 2 aromatic heterocycles. The Kier molecular flexibility index (Phi) is 4.21. The van der Waals surface area contributed by atoms with Gasteiger partial charge in [0.1, 0.15) is 0 Å². The van der Waals surface area contributed by atoms with E-state index in [1.54, 1.807) is 12.5 Å². The Hall–Kier alpha value is -1.40. The molecule has 19 heavy (non-hydrogen) atoms. The predicted octanol–water partition coefficient (Wildman–Crippen LogP) is 1.66. The molecule has 2 aromatic rings. The van der Waals surface area contributed by atoms with Gasteiger partial charge in [0.05, 0.1) is 11.9 Å². The molecule has 0 spiro atoms. The van der Waals surface area contributed by atoms with Crippen molar-refractivity contribution in [3.8, 4) is 0 Å². The average molecular weight is 284 g/mol. The van der Waals surface area contributed by atoms with Crippen LogP contribution in [0.15, 0.2) is 23.2 Å². The quantitative estimate of drug-likeness (QED) is 0.923. The number of nitrogens with zero attached hydrogens (tertiary/aromatic N) is 4. The maximum absolute atomic E-state index is 6.28. The van der Waals surface area contributed by atoms with Gasteiger partial charge in [-0.3, -0.25) is 0 Å². The van der Waals surface area contributed by atoms with Gasteiger partial charge < -0.3 is 14.8 Å². The van der Waals surface area contributed by atoms with Crippen molar-refractivity contribution in [2.24, 2.45) is 5.73 Å². The van der Waals surface area contributed by atoms with Crippen molar-refractivity contribution in [3.05, 3.63) is 30.4 Å². The standard InChI is InChI=1S/C12H17N5O.ClH/c13-12(4-1-2-5-12)11-15-10(18-16-11)3-7-17-8-6-14-9-17;/h6,8-9H,1-5,7,13H2;1H. The Morgan fingerprint density at radius 1 is 1.37 bits per heavy atom. The maximum Gasteiger partial charge on any atom is 0.228 e. The Labute approximate surface area is 117 Å². The molecule has 2 heterocycles. The highest BCUT2D eigenvalue weighted by Crippen LogP contribution is 2.34. The predicted molar refractivity (Wildman–Crippen MR) is 71.8 cm³/mol. The van der Waals surface area contributed by atoms with E-state index in [9.17, 15) is 0 Å². The number of rotatable bonds is 4. The summed E-state index contributed by atoms with van der Waals surface area (Å²) in [5.41, 5.74) is 5.92. The van der Waals surface area contributed by atoms with Crippen LogP contribution >= 0.6 is 12.4 Å². The highest BCUT2D eigenvalue weighted by molar-refractivity contribution is 5.85. The van der Waals surface area contributed by atoms with Crippen LogP contribution in [0, 0.1) is 0 Å². The van der Waals surface area contributed by atoms with Crippen LogP contribution in [0.4, 0.5) is 0 Å². The first-order valence-electron chi connectivity index (χ1n) is 6.34. The lowest BCUT2D eigenvalue weighted by atomic mass is 9.99. The summed E-state index contributed by atoms with van der Waals surface area (Å²) in [4.78, 5) is 8.42. The van der Waals surface area contributed by atoms with E-state index in [1.807, 2.05) is 10.8 Å². The molecule has 7 heteroatoms. The largest absolute Gasteiger partial charge is 0.339 e. The number of aromatic nitrogens is 4. The van der Waals surface area contributed by atoms with Crippen molar-refractivity contribution < 1.29 is 4.52 Å². The number of imidazole rings is 1. The van der Waals surface area contributed by atoms with E-state index in [4.69, 9.17) is 10.3 Å². The van der Waals surface area contributed by atoms with Crippen molar-refractivity contribution >= 4 is 12.4 Å². The molecule has 1 saturated carbocycles. The monoisotopic (exact) mass is 283 g/mol. The SMILES string of the molecule is Cl.NC1(c2noc(CCn3ccnc3)n2)CCCC1. The molecule has 0 atom stereocenters. The molecule has 1 fully saturated rings. The van der Waals surface area contributed by atoms with Gasteiger partial charge in [-0.1, -0.05) is 18.0 Å². The van der Waals surface area contributed by atoms with Crippen LogP contribution in [0.3, 0.4) is 0 Å². The summed E-state index contributed by atoms with van der Waals surface area (Å²) in [5, 5.41) is 4.03. The zero-order valence-electron chi connectivity index (χ0n) is 10.7. The molecule has 0 unspecified atom stereocenters. The molecule has 2 N–H and O–H groups in total. The van der Waals surface area contributed by atoms with Crippen molar-refractivity contribution in [1.82, 2.24) is 19.7 Å². The fourth-order valence-corrected chi connectivity index (χ4v) is 2.43. The van der Waals surface area contributed by atoms with E-state index >= 15 is 0 Å². The van der Waals surface area contributed by atoms with Gasteiger partial charge in [0, 0.05) is 25.4 Å². The molecular formula is C12H18ClN5O. The summed E-state index contributed by atoms with van der Waals surface area (Å²) in [7, 11) is 0. The van der Waals surface area contributed by atoms with Crippen LogP contribution in [-0.2, 0) is 18.5 Å². The third kappa shape index (κ3) is 2.96. The van der Waals surface area contributed by atoms with E-state index in [2.05, 4.69) is 15.1 Å². The molecule has 1 aliphatic rings. The van der Waals surface area contributed by atoms with Gasteiger partial charge in [-0.15, -0.1) is 12.4 Å². The molecule has 3 rings (SSSR count).